The average Bonchev–Trinajstić information content (AvgIpc) is 3.06. The fraction of sp³-hybridized carbons (Fsp3) is 0.333. The number of urea groups is 1. The Kier molecular flexibility index (Phi) is 7.54. The quantitative estimate of drug-likeness (QED) is 0.715. The van der Waals surface area contributed by atoms with Crippen molar-refractivity contribution >= 4 is 46.8 Å². The number of hydrogen-bond acceptors (Lipinski definition) is 7. The van der Waals surface area contributed by atoms with Gasteiger partial charge in [-0.15, -0.1) is 10.2 Å². The molecule has 0 bridgehead atoms. The van der Waals surface area contributed by atoms with Crippen molar-refractivity contribution in [3.8, 4) is 0 Å². The zero-order valence-corrected chi connectivity index (χ0v) is 15.8. The summed E-state index contributed by atoms with van der Waals surface area (Å²) in [6.45, 7) is 2.11. The summed E-state index contributed by atoms with van der Waals surface area (Å²) in [4.78, 5) is 23.9. The lowest BCUT2D eigenvalue weighted by atomic mass is 10.1. The van der Waals surface area contributed by atoms with Crippen molar-refractivity contribution < 1.29 is 9.59 Å². The van der Waals surface area contributed by atoms with Crippen LogP contribution in [0.15, 0.2) is 39.0 Å². The Morgan fingerprint density at radius 2 is 1.92 bits per heavy atom. The molecule has 0 saturated heterocycles. The number of benzene rings is 1. The van der Waals surface area contributed by atoms with Crippen LogP contribution in [0.3, 0.4) is 0 Å². The summed E-state index contributed by atoms with van der Waals surface area (Å²) < 4.78 is 1.59. The summed E-state index contributed by atoms with van der Waals surface area (Å²) in [5.74, 6) is 0.599. The van der Waals surface area contributed by atoms with Gasteiger partial charge in [-0.2, -0.15) is 0 Å². The molecule has 3 amide bonds. The molecule has 0 aliphatic heterocycles. The molecule has 128 valence electrons. The van der Waals surface area contributed by atoms with Gasteiger partial charge in [0.1, 0.15) is 5.25 Å². The van der Waals surface area contributed by atoms with Gasteiger partial charge in [-0.05, 0) is 12.0 Å². The fourth-order valence-corrected chi connectivity index (χ4v) is 4.87. The van der Waals surface area contributed by atoms with Crippen LogP contribution in [-0.4, -0.2) is 34.9 Å². The van der Waals surface area contributed by atoms with Gasteiger partial charge in [-0.3, -0.25) is 10.1 Å². The highest BCUT2D eigenvalue weighted by molar-refractivity contribution is 8.03. The van der Waals surface area contributed by atoms with Gasteiger partial charge in [0, 0.05) is 12.8 Å². The van der Waals surface area contributed by atoms with Crippen molar-refractivity contribution in [2.24, 2.45) is 0 Å². The number of carbonyl (C=O) groups excluding carboxylic acids is 2. The second kappa shape index (κ2) is 9.65. The van der Waals surface area contributed by atoms with Gasteiger partial charge >= 0.3 is 6.03 Å². The predicted octanol–water partition coefficient (Wildman–Crippen LogP) is 3.33. The highest BCUT2D eigenvalue weighted by Gasteiger charge is 2.25. The number of nitrogens with zero attached hydrogens (tertiary/aromatic N) is 2. The molecule has 6 nitrogen and oxygen atoms in total. The van der Waals surface area contributed by atoms with E-state index in [1.54, 1.807) is 11.8 Å². The van der Waals surface area contributed by atoms with Crippen molar-refractivity contribution in [1.29, 1.82) is 0 Å². The van der Waals surface area contributed by atoms with Gasteiger partial charge < -0.3 is 5.32 Å². The molecule has 0 radical (unpaired) electrons. The predicted molar refractivity (Wildman–Crippen MR) is 98.6 cm³/mol. The molecule has 2 rings (SSSR count). The van der Waals surface area contributed by atoms with Crippen molar-refractivity contribution in [1.82, 2.24) is 20.8 Å². The van der Waals surface area contributed by atoms with E-state index in [0.717, 1.165) is 22.1 Å². The smallest absolute Gasteiger partial charge is 0.321 e. The van der Waals surface area contributed by atoms with Crippen LogP contribution in [0.2, 0.25) is 0 Å². The van der Waals surface area contributed by atoms with Gasteiger partial charge in [0.05, 0.1) is 0 Å². The zero-order chi connectivity index (χ0) is 17.4. The molecule has 0 spiro atoms. The molecule has 9 heteroatoms. The van der Waals surface area contributed by atoms with Gasteiger partial charge in [-0.1, -0.05) is 72.1 Å². The summed E-state index contributed by atoms with van der Waals surface area (Å²) in [5.41, 5.74) is 0.807. The molecule has 0 aliphatic carbocycles. The van der Waals surface area contributed by atoms with E-state index < -0.39 is 11.3 Å². The van der Waals surface area contributed by atoms with E-state index in [-0.39, 0.29) is 5.91 Å². The monoisotopic (exact) mass is 382 g/mol. The van der Waals surface area contributed by atoms with E-state index in [1.165, 1.54) is 30.1 Å². The van der Waals surface area contributed by atoms with Crippen molar-refractivity contribution in [3.05, 3.63) is 35.9 Å². The Morgan fingerprint density at radius 3 is 2.58 bits per heavy atom. The standard InChI is InChI=1S/C15H18N4O2S3/c1-3-9-22-14-18-19-15(24-14)23-11(10-7-5-4-6-8-10)12(20)17-13(21)16-2/h4-8,11H,3,9H2,1-2H3,(H2,16,17,20,21)/t11-/m0/s1. The summed E-state index contributed by atoms with van der Waals surface area (Å²) in [6, 6.07) is 8.78. The van der Waals surface area contributed by atoms with E-state index in [9.17, 15) is 9.59 Å². The number of carbonyl (C=O) groups is 2. The van der Waals surface area contributed by atoms with Gasteiger partial charge in [0.15, 0.2) is 8.68 Å². The summed E-state index contributed by atoms with van der Waals surface area (Å²) in [7, 11) is 1.47. The molecule has 2 aromatic rings. The maximum atomic E-state index is 12.5. The Bertz CT molecular complexity index is 678. The van der Waals surface area contributed by atoms with Crippen LogP contribution in [0.5, 0.6) is 0 Å². The number of thioether (sulfide) groups is 2. The molecular weight excluding hydrogens is 364 g/mol. The molecule has 0 unspecified atom stereocenters. The number of amides is 3. The van der Waals surface area contributed by atoms with E-state index in [0.29, 0.717) is 4.34 Å². The lowest BCUT2D eigenvalue weighted by molar-refractivity contribution is -0.119. The van der Waals surface area contributed by atoms with Crippen LogP contribution in [0.4, 0.5) is 4.79 Å². The first-order chi connectivity index (χ1) is 11.6. The minimum atomic E-state index is -0.569. The molecule has 0 fully saturated rings. The van der Waals surface area contributed by atoms with Crippen LogP contribution >= 0.6 is 34.9 Å². The van der Waals surface area contributed by atoms with Crippen LogP contribution < -0.4 is 10.6 Å². The SMILES string of the molecule is CCCSc1nnc(S[C@H](C(=O)NC(=O)NC)c2ccccc2)s1. The maximum Gasteiger partial charge on any atom is 0.321 e. The first-order valence-corrected chi connectivity index (χ1v) is 10.0. The number of imide groups is 1. The largest absolute Gasteiger partial charge is 0.341 e. The second-order valence-electron chi connectivity index (χ2n) is 4.66. The van der Waals surface area contributed by atoms with Gasteiger partial charge in [0.2, 0.25) is 5.91 Å². The van der Waals surface area contributed by atoms with E-state index in [1.807, 2.05) is 30.3 Å². The zero-order valence-electron chi connectivity index (χ0n) is 13.3. The number of nitrogens with one attached hydrogen (secondary N) is 2. The Hall–Kier alpha value is -1.58. The molecule has 1 heterocycles. The van der Waals surface area contributed by atoms with Crippen molar-refractivity contribution in [2.45, 2.75) is 27.3 Å². The number of rotatable bonds is 7. The van der Waals surface area contributed by atoms with E-state index >= 15 is 0 Å². The molecule has 1 aromatic heterocycles. The maximum absolute atomic E-state index is 12.5. The minimum absolute atomic E-state index is 0.386. The molecule has 24 heavy (non-hydrogen) atoms. The number of aromatic nitrogens is 2. The Labute approximate surface area is 153 Å². The molecule has 2 N–H and O–H groups in total. The van der Waals surface area contributed by atoms with Gasteiger partial charge in [-0.25, -0.2) is 4.79 Å². The first-order valence-electron chi connectivity index (χ1n) is 7.34. The summed E-state index contributed by atoms with van der Waals surface area (Å²) in [6.07, 6.45) is 1.06. The summed E-state index contributed by atoms with van der Waals surface area (Å²) in [5, 5.41) is 12.4. The topological polar surface area (TPSA) is 84.0 Å². The number of hydrogen-bond donors (Lipinski definition) is 2. The molecule has 1 aromatic carbocycles. The third-order valence-corrected chi connectivity index (χ3v) is 6.44. The lowest BCUT2D eigenvalue weighted by Gasteiger charge is -2.14. The average molecular weight is 383 g/mol. The second-order valence-corrected chi connectivity index (χ2v) is 8.33. The lowest BCUT2D eigenvalue weighted by Crippen LogP contribution is -2.39. The Balaban J connectivity index is 2.15. The van der Waals surface area contributed by atoms with Crippen LogP contribution in [0.1, 0.15) is 24.2 Å². The minimum Gasteiger partial charge on any atom is -0.341 e. The molecule has 1 atom stereocenters. The highest BCUT2D eigenvalue weighted by atomic mass is 32.2. The fourth-order valence-electron chi connectivity index (χ4n) is 1.73. The van der Waals surface area contributed by atoms with E-state index in [2.05, 4.69) is 27.8 Å². The molecule has 0 aliphatic rings. The normalized spacial score (nSPS) is 11.8. The van der Waals surface area contributed by atoms with Crippen molar-refractivity contribution in [3.63, 3.8) is 0 Å². The van der Waals surface area contributed by atoms with E-state index in [4.69, 9.17) is 0 Å². The van der Waals surface area contributed by atoms with Crippen LogP contribution in [-0.2, 0) is 4.79 Å². The van der Waals surface area contributed by atoms with Gasteiger partial charge in [0.25, 0.3) is 0 Å². The Morgan fingerprint density at radius 1 is 1.21 bits per heavy atom. The van der Waals surface area contributed by atoms with Crippen LogP contribution in [0, 0.1) is 0 Å². The molecular formula is C15H18N4O2S3. The molecule has 0 saturated carbocycles. The van der Waals surface area contributed by atoms with Crippen LogP contribution in [0.25, 0.3) is 0 Å². The first kappa shape index (κ1) is 18.8. The summed E-state index contributed by atoms with van der Waals surface area (Å²) >= 11 is 4.41. The third kappa shape index (κ3) is 5.50. The highest BCUT2D eigenvalue weighted by Crippen LogP contribution is 2.38. The van der Waals surface area contributed by atoms with Crippen molar-refractivity contribution in [2.75, 3.05) is 12.8 Å². The third-order valence-electron chi connectivity index (χ3n) is 2.84.